The highest BCUT2D eigenvalue weighted by Crippen LogP contribution is 2.33. The first-order chi connectivity index (χ1) is 16.8. The molecule has 3 N–H and O–H groups in total. The maximum atomic E-state index is 12.5. The van der Waals surface area contributed by atoms with Crippen molar-refractivity contribution >= 4 is 23.5 Å². The first-order valence-corrected chi connectivity index (χ1v) is 11.2. The molecule has 3 aromatic carbocycles. The van der Waals surface area contributed by atoms with Crippen LogP contribution in [0.1, 0.15) is 51.1 Å². The van der Waals surface area contributed by atoms with Crippen molar-refractivity contribution in [2.75, 3.05) is 12.1 Å². The summed E-state index contributed by atoms with van der Waals surface area (Å²) < 4.78 is 10.7. The molecule has 1 heterocycles. The zero-order valence-corrected chi connectivity index (χ0v) is 19.2. The summed E-state index contributed by atoms with van der Waals surface area (Å²) in [6, 6.07) is 15.1. The molecule has 3 aromatic rings. The van der Waals surface area contributed by atoms with E-state index in [1.54, 1.807) is 18.2 Å². The number of carbonyl (C=O) groups excluding carboxylic acids is 1. The Balaban J connectivity index is 1.38. The molecule has 0 atom stereocenters. The van der Waals surface area contributed by atoms with Crippen molar-refractivity contribution in [2.45, 2.75) is 32.6 Å². The number of hydrogen-bond donors (Lipinski definition) is 3. The van der Waals surface area contributed by atoms with Crippen LogP contribution in [0.2, 0.25) is 0 Å². The van der Waals surface area contributed by atoms with Gasteiger partial charge in [0.15, 0.2) is 11.5 Å². The number of carboxylic acid groups (broad SMARTS) is 2. The van der Waals surface area contributed by atoms with Crippen molar-refractivity contribution in [3.63, 3.8) is 0 Å². The summed E-state index contributed by atoms with van der Waals surface area (Å²) in [6.45, 7) is 2.08. The third kappa shape index (κ3) is 5.78. The van der Waals surface area contributed by atoms with Crippen LogP contribution < -0.4 is 14.8 Å². The van der Waals surface area contributed by atoms with Gasteiger partial charge in [0.25, 0.3) is 0 Å². The van der Waals surface area contributed by atoms with E-state index in [0.29, 0.717) is 29.7 Å². The standard InChI is InChI=1S/C27H25NO7/c1-16-6-8-21(14-22(16)18-11-19(26(30)31)13-20(12-18)27(32)33)28-25(29)5-3-2-4-17-7-9-23-24(10-17)35-15-34-23/h6-14H,2-5,15H2,1H3,(H,28,29)(H,30,31)(H,32,33). The molecular formula is C27H25NO7. The summed E-state index contributed by atoms with van der Waals surface area (Å²) in [6.07, 6.45) is 2.73. The number of rotatable bonds is 9. The lowest BCUT2D eigenvalue weighted by Crippen LogP contribution is -2.11. The van der Waals surface area contributed by atoms with Crippen molar-refractivity contribution < 1.29 is 34.1 Å². The normalized spacial score (nSPS) is 11.8. The van der Waals surface area contributed by atoms with Crippen LogP contribution in [0.4, 0.5) is 5.69 Å². The molecule has 0 bridgehead atoms. The maximum absolute atomic E-state index is 12.5. The number of ether oxygens (including phenoxy) is 2. The van der Waals surface area contributed by atoms with Crippen LogP contribution in [-0.4, -0.2) is 34.9 Å². The van der Waals surface area contributed by atoms with Crippen LogP contribution in [0.3, 0.4) is 0 Å². The number of carbonyl (C=O) groups is 3. The third-order valence-electron chi connectivity index (χ3n) is 5.82. The molecule has 0 fully saturated rings. The van der Waals surface area contributed by atoms with E-state index in [1.807, 2.05) is 25.1 Å². The monoisotopic (exact) mass is 475 g/mol. The second-order valence-corrected chi connectivity index (χ2v) is 8.38. The molecule has 1 amide bonds. The summed E-state index contributed by atoms with van der Waals surface area (Å²) in [5.41, 5.74) is 3.39. The zero-order chi connectivity index (χ0) is 24.9. The van der Waals surface area contributed by atoms with Gasteiger partial charge in [-0.3, -0.25) is 4.79 Å². The minimum atomic E-state index is -1.21. The second kappa shape index (κ2) is 10.3. The van der Waals surface area contributed by atoms with E-state index in [0.717, 1.165) is 41.5 Å². The van der Waals surface area contributed by atoms with Crippen molar-refractivity contribution in [1.82, 2.24) is 0 Å². The third-order valence-corrected chi connectivity index (χ3v) is 5.82. The number of fused-ring (bicyclic) bond motifs is 1. The van der Waals surface area contributed by atoms with E-state index < -0.39 is 11.9 Å². The SMILES string of the molecule is Cc1ccc(NC(=O)CCCCc2ccc3c(c2)OCO3)cc1-c1cc(C(=O)O)cc(C(=O)O)c1. The quantitative estimate of drug-likeness (QED) is 0.366. The van der Waals surface area contributed by atoms with Gasteiger partial charge in [-0.2, -0.15) is 0 Å². The average Bonchev–Trinajstić information content (AvgIpc) is 3.30. The number of benzene rings is 3. The number of aromatic carboxylic acids is 2. The number of nitrogens with one attached hydrogen (secondary N) is 1. The fourth-order valence-electron chi connectivity index (χ4n) is 3.98. The number of unbranched alkanes of at least 4 members (excludes halogenated alkanes) is 1. The zero-order valence-electron chi connectivity index (χ0n) is 19.2. The summed E-state index contributed by atoms with van der Waals surface area (Å²) >= 11 is 0. The summed E-state index contributed by atoms with van der Waals surface area (Å²) in [4.78, 5) is 35.4. The summed E-state index contributed by atoms with van der Waals surface area (Å²) in [7, 11) is 0. The molecule has 0 aromatic heterocycles. The Kier molecular flexibility index (Phi) is 7.01. The van der Waals surface area contributed by atoms with E-state index in [9.17, 15) is 24.6 Å². The van der Waals surface area contributed by atoms with Crippen LogP contribution in [0.25, 0.3) is 11.1 Å². The highest BCUT2D eigenvalue weighted by molar-refractivity contribution is 5.97. The molecule has 0 saturated heterocycles. The van der Waals surface area contributed by atoms with Gasteiger partial charge in [0.2, 0.25) is 12.7 Å². The molecule has 0 radical (unpaired) electrons. The van der Waals surface area contributed by atoms with Gasteiger partial charge in [0.1, 0.15) is 0 Å². The van der Waals surface area contributed by atoms with Crippen LogP contribution in [0.5, 0.6) is 11.5 Å². The molecule has 4 rings (SSSR count). The predicted molar refractivity (Wildman–Crippen MR) is 129 cm³/mol. The molecule has 1 aliphatic rings. The lowest BCUT2D eigenvalue weighted by atomic mass is 9.96. The van der Waals surface area contributed by atoms with Gasteiger partial charge in [0, 0.05) is 12.1 Å². The lowest BCUT2D eigenvalue weighted by molar-refractivity contribution is -0.116. The first kappa shape index (κ1) is 23.8. The topological polar surface area (TPSA) is 122 Å². The van der Waals surface area contributed by atoms with Crippen molar-refractivity contribution in [3.05, 3.63) is 76.9 Å². The van der Waals surface area contributed by atoms with Gasteiger partial charge in [-0.25, -0.2) is 9.59 Å². The molecule has 35 heavy (non-hydrogen) atoms. The molecule has 180 valence electrons. The molecule has 8 nitrogen and oxygen atoms in total. The molecule has 1 aliphatic heterocycles. The van der Waals surface area contributed by atoms with Gasteiger partial charge in [-0.1, -0.05) is 12.1 Å². The Labute approximate surface area is 202 Å². The van der Waals surface area contributed by atoms with Gasteiger partial charge >= 0.3 is 11.9 Å². The van der Waals surface area contributed by atoms with E-state index in [4.69, 9.17) is 9.47 Å². The van der Waals surface area contributed by atoms with E-state index in [2.05, 4.69) is 5.32 Å². The number of hydrogen-bond acceptors (Lipinski definition) is 5. The van der Waals surface area contributed by atoms with Crippen LogP contribution in [0.15, 0.2) is 54.6 Å². The van der Waals surface area contributed by atoms with Crippen molar-refractivity contribution in [2.24, 2.45) is 0 Å². The number of amides is 1. The Morgan fingerprint density at radius 2 is 1.57 bits per heavy atom. The first-order valence-electron chi connectivity index (χ1n) is 11.2. The molecule has 0 spiro atoms. The number of anilines is 1. The number of carboxylic acids is 2. The van der Waals surface area contributed by atoms with Gasteiger partial charge in [-0.05, 0) is 90.9 Å². The Bertz CT molecular complexity index is 1270. The molecule has 0 saturated carbocycles. The minimum absolute atomic E-state index is 0.115. The van der Waals surface area contributed by atoms with Gasteiger partial charge < -0.3 is 25.0 Å². The van der Waals surface area contributed by atoms with Crippen LogP contribution in [0, 0.1) is 6.92 Å². The number of aryl methyl sites for hydroxylation is 2. The van der Waals surface area contributed by atoms with Gasteiger partial charge in [0.05, 0.1) is 11.1 Å². The van der Waals surface area contributed by atoms with Crippen LogP contribution >= 0.6 is 0 Å². The van der Waals surface area contributed by atoms with Gasteiger partial charge in [-0.15, -0.1) is 0 Å². The van der Waals surface area contributed by atoms with Crippen LogP contribution in [-0.2, 0) is 11.2 Å². The maximum Gasteiger partial charge on any atom is 0.335 e. The predicted octanol–water partition coefficient (Wildman–Crippen LogP) is 5.14. The molecule has 8 heteroatoms. The smallest absolute Gasteiger partial charge is 0.335 e. The van der Waals surface area contributed by atoms with Crippen molar-refractivity contribution in [1.29, 1.82) is 0 Å². The molecule has 0 unspecified atom stereocenters. The minimum Gasteiger partial charge on any atom is -0.478 e. The lowest BCUT2D eigenvalue weighted by Gasteiger charge is -2.12. The fourth-order valence-corrected chi connectivity index (χ4v) is 3.98. The Hall–Kier alpha value is -4.33. The highest BCUT2D eigenvalue weighted by atomic mass is 16.7. The Morgan fingerprint density at radius 1 is 0.857 bits per heavy atom. The highest BCUT2D eigenvalue weighted by Gasteiger charge is 2.15. The second-order valence-electron chi connectivity index (χ2n) is 8.38. The fraction of sp³-hybridized carbons (Fsp3) is 0.222. The average molecular weight is 475 g/mol. The van der Waals surface area contributed by atoms with E-state index in [-0.39, 0.29) is 23.8 Å². The molecule has 0 aliphatic carbocycles. The van der Waals surface area contributed by atoms with E-state index in [1.165, 1.54) is 12.1 Å². The van der Waals surface area contributed by atoms with E-state index >= 15 is 0 Å². The summed E-state index contributed by atoms with van der Waals surface area (Å²) in [5.74, 6) is -1.05. The Morgan fingerprint density at radius 3 is 2.29 bits per heavy atom. The molecular weight excluding hydrogens is 450 g/mol. The summed E-state index contributed by atoms with van der Waals surface area (Å²) in [5, 5.41) is 21.6. The largest absolute Gasteiger partial charge is 0.478 e. The van der Waals surface area contributed by atoms with Crippen molar-refractivity contribution in [3.8, 4) is 22.6 Å².